The van der Waals surface area contributed by atoms with E-state index in [4.69, 9.17) is 14.7 Å². The number of anilines is 4. The molecule has 0 amide bonds. The second kappa shape index (κ2) is 15.0. The molecule has 0 N–H and O–H groups in total. The first kappa shape index (κ1) is 41.8. The van der Waals surface area contributed by atoms with Gasteiger partial charge >= 0.3 is 28.0 Å². The van der Waals surface area contributed by atoms with Gasteiger partial charge in [0.25, 0.3) is 0 Å². The summed E-state index contributed by atoms with van der Waals surface area (Å²) in [5, 5.41) is 3.21. The van der Waals surface area contributed by atoms with Crippen molar-refractivity contribution >= 4 is 62.6 Å². The van der Waals surface area contributed by atoms with E-state index in [1.54, 1.807) is 0 Å². The average Bonchev–Trinajstić information content (AvgIpc) is 3.84. The number of ether oxygens (including phenoxy) is 1. The molecule has 3 aromatic heterocycles. The summed E-state index contributed by atoms with van der Waals surface area (Å²) in [7, 11) is 0. The molecule has 5 heterocycles. The van der Waals surface area contributed by atoms with Crippen LogP contribution in [0.2, 0.25) is 0 Å². The molecule has 64 heavy (non-hydrogen) atoms. The Morgan fingerprint density at radius 1 is 0.672 bits per heavy atom. The fourth-order valence-corrected chi connectivity index (χ4v) is 10.3. The van der Waals surface area contributed by atoms with E-state index in [1.165, 1.54) is 38.8 Å². The van der Waals surface area contributed by atoms with Crippen molar-refractivity contribution in [2.75, 3.05) is 9.62 Å². The first-order valence-electron chi connectivity index (χ1n) is 22.0. The quantitative estimate of drug-likeness (QED) is 0.0943. The third kappa shape index (κ3) is 6.18. The van der Waals surface area contributed by atoms with Gasteiger partial charge in [-0.2, -0.15) is 0 Å². The number of rotatable bonds is 6. The SMILES string of the molecule is Cc1cccc(C)c1B1N(c2ccccc2)c2cccnc2N1c1[c-]c(Oc2[c-]c3c(cc2)c2cccc4c2n2c(c(-c5ccccc5)nc32)C(C)(C)C4(C)C)cc(C(C)(C)C)c1.[Pt+2]. The van der Waals surface area contributed by atoms with Crippen molar-refractivity contribution in [2.24, 2.45) is 0 Å². The summed E-state index contributed by atoms with van der Waals surface area (Å²) in [5.41, 5.74) is 13.9. The molecule has 0 atom stereocenters. The Hall–Kier alpha value is -6.17. The molecule has 6 nitrogen and oxygen atoms in total. The van der Waals surface area contributed by atoms with E-state index in [0.29, 0.717) is 11.5 Å². The van der Waals surface area contributed by atoms with Gasteiger partial charge in [0.05, 0.1) is 17.0 Å². The van der Waals surface area contributed by atoms with E-state index in [0.717, 1.165) is 56.1 Å². The molecule has 318 valence electrons. The number of imidazole rings is 1. The second-order valence-electron chi connectivity index (χ2n) is 19.5. The maximum Gasteiger partial charge on any atom is 2.00 e. The molecule has 8 heteroatoms. The van der Waals surface area contributed by atoms with Gasteiger partial charge in [-0.1, -0.05) is 167 Å². The van der Waals surface area contributed by atoms with Crippen molar-refractivity contribution in [2.45, 2.75) is 78.6 Å². The molecule has 2 aliphatic heterocycles. The summed E-state index contributed by atoms with van der Waals surface area (Å²) < 4.78 is 9.42. The Kier molecular flexibility index (Phi) is 9.77. The van der Waals surface area contributed by atoms with Crippen LogP contribution < -0.4 is 19.8 Å². The Labute approximate surface area is 391 Å². The summed E-state index contributed by atoms with van der Waals surface area (Å²) >= 11 is 0. The smallest absolute Gasteiger partial charge is 0.503 e. The monoisotopic (exact) mass is 1010 g/mol. The number of hydrogen-bond acceptors (Lipinski definition) is 5. The van der Waals surface area contributed by atoms with E-state index < -0.39 is 0 Å². The van der Waals surface area contributed by atoms with Crippen molar-refractivity contribution in [1.82, 2.24) is 14.4 Å². The summed E-state index contributed by atoms with van der Waals surface area (Å²) in [4.78, 5) is 15.4. The molecule has 0 spiro atoms. The van der Waals surface area contributed by atoms with Gasteiger partial charge in [-0.25, -0.2) is 4.98 Å². The number of benzene rings is 6. The van der Waals surface area contributed by atoms with Crippen LogP contribution >= 0.6 is 0 Å². The summed E-state index contributed by atoms with van der Waals surface area (Å²) in [6.45, 7) is 20.4. The van der Waals surface area contributed by atoms with Gasteiger partial charge in [-0.05, 0) is 59.9 Å². The minimum absolute atomic E-state index is 0. The number of nitrogens with zero attached hydrogens (tertiary/aromatic N) is 5. The van der Waals surface area contributed by atoms with Crippen molar-refractivity contribution in [3.63, 3.8) is 0 Å². The Balaban J connectivity index is 0.00000484. The van der Waals surface area contributed by atoms with Crippen molar-refractivity contribution in [1.29, 1.82) is 0 Å². The molecule has 0 saturated carbocycles. The molecule has 6 aromatic carbocycles. The zero-order chi connectivity index (χ0) is 43.6. The molecular formula is C56H50BN5OPt. The molecule has 0 unspecified atom stereocenters. The van der Waals surface area contributed by atoms with Gasteiger partial charge in [-0.15, -0.1) is 35.9 Å². The van der Waals surface area contributed by atoms with Crippen LogP contribution in [0.25, 0.3) is 38.6 Å². The van der Waals surface area contributed by atoms with E-state index in [-0.39, 0.29) is 44.3 Å². The van der Waals surface area contributed by atoms with Crippen LogP contribution in [0.15, 0.2) is 140 Å². The first-order valence-corrected chi connectivity index (χ1v) is 22.0. The van der Waals surface area contributed by atoms with Crippen LogP contribution in [0.4, 0.5) is 22.9 Å². The Morgan fingerprint density at radius 2 is 1.38 bits per heavy atom. The Bertz CT molecular complexity index is 3280. The van der Waals surface area contributed by atoms with Crippen LogP contribution in [0.3, 0.4) is 0 Å². The van der Waals surface area contributed by atoms with E-state index in [9.17, 15) is 0 Å². The summed E-state index contributed by atoms with van der Waals surface area (Å²) in [5.74, 6) is 2.08. The largest absolute Gasteiger partial charge is 2.00 e. The maximum atomic E-state index is 7.00. The zero-order valence-electron chi connectivity index (χ0n) is 37.8. The van der Waals surface area contributed by atoms with Crippen LogP contribution in [0.1, 0.15) is 76.4 Å². The molecule has 0 aliphatic carbocycles. The minimum Gasteiger partial charge on any atom is -0.503 e. The predicted octanol–water partition coefficient (Wildman–Crippen LogP) is 13.3. The molecule has 9 aromatic rings. The molecule has 0 bridgehead atoms. The van der Waals surface area contributed by atoms with Gasteiger partial charge in [0.2, 0.25) is 0 Å². The van der Waals surface area contributed by atoms with Crippen LogP contribution in [0.5, 0.6) is 11.5 Å². The zero-order valence-corrected chi connectivity index (χ0v) is 40.1. The number of pyridine rings is 2. The maximum absolute atomic E-state index is 7.00. The predicted molar refractivity (Wildman–Crippen MR) is 261 cm³/mol. The van der Waals surface area contributed by atoms with Gasteiger partial charge in [0.1, 0.15) is 5.82 Å². The van der Waals surface area contributed by atoms with Crippen molar-refractivity contribution < 1.29 is 25.8 Å². The van der Waals surface area contributed by atoms with Crippen LogP contribution in [0, 0.1) is 26.0 Å². The average molecular weight is 1010 g/mol. The van der Waals surface area contributed by atoms with Crippen LogP contribution in [-0.2, 0) is 37.3 Å². The number of aromatic nitrogens is 3. The standard InChI is InChI=1S/C56H50BN5O.Pt/c1-35-19-16-20-36(2)48(35)57-61(39-23-14-11-15-24-39)47-27-18-30-58-53(47)62(57)40-31-38(54(3,4)5)32-42(33-40)63-41-28-29-43-44-25-17-26-46-50(44)60-51(56(8,9)55(46,6)7)49(37-21-12-10-13-22-37)59-52(60)45(43)34-41;/h10-32H,1-9H3;/q-2;+2. The number of para-hydroxylation sites is 2. The molecular weight excluding hydrogens is 965 g/mol. The summed E-state index contributed by atoms with van der Waals surface area (Å²) in [6.07, 6.45) is 1.88. The topological polar surface area (TPSA) is 45.9 Å². The van der Waals surface area contributed by atoms with Gasteiger partial charge in [-0.3, -0.25) is 4.98 Å². The normalized spacial score (nSPS) is 15.0. The molecule has 0 fully saturated rings. The van der Waals surface area contributed by atoms with Crippen molar-refractivity contribution in [3.8, 4) is 22.8 Å². The fourth-order valence-electron chi connectivity index (χ4n) is 10.3. The van der Waals surface area contributed by atoms with Crippen molar-refractivity contribution in [3.05, 3.63) is 180 Å². The molecule has 2 aliphatic rings. The van der Waals surface area contributed by atoms with E-state index >= 15 is 0 Å². The third-order valence-corrected chi connectivity index (χ3v) is 14.2. The van der Waals surface area contributed by atoms with E-state index in [2.05, 4.69) is 210 Å². The van der Waals surface area contributed by atoms with Gasteiger partial charge in [0.15, 0.2) is 0 Å². The number of fused-ring (bicyclic) bond motifs is 4. The number of hydrogen-bond donors (Lipinski definition) is 0. The van der Waals surface area contributed by atoms with Gasteiger partial charge < -0.3 is 18.8 Å². The molecule has 11 rings (SSSR count). The molecule has 0 saturated heterocycles. The van der Waals surface area contributed by atoms with Crippen LogP contribution in [-0.4, -0.2) is 21.4 Å². The van der Waals surface area contributed by atoms with E-state index in [1.807, 2.05) is 18.3 Å². The fraction of sp³-hybridized carbons (Fsp3) is 0.214. The Morgan fingerprint density at radius 3 is 2.09 bits per heavy atom. The third-order valence-electron chi connectivity index (χ3n) is 14.2. The summed E-state index contributed by atoms with van der Waals surface area (Å²) in [6, 6.07) is 54.9. The minimum atomic E-state index is -0.243. The second-order valence-corrected chi connectivity index (χ2v) is 19.5. The first-order chi connectivity index (χ1) is 30.2. The molecule has 0 radical (unpaired) electrons. The number of aryl methyl sites for hydroxylation is 2. The van der Waals surface area contributed by atoms with Gasteiger partial charge in [0, 0.05) is 51.0 Å².